The lowest BCUT2D eigenvalue weighted by atomic mass is 10.1. The summed E-state index contributed by atoms with van der Waals surface area (Å²) in [4.78, 5) is 28.5. The minimum atomic E-state index is -1.04. The molecule has 4 rings (SSSR count). The Kier molecular flexibility index (Phi) is 7.80. The van der Waals surface area contributed by atoms with E-state index in [1.807, 2.05) is 18.2 Å². The summed E-state index contributed by atoms with van der Waals surface area (Å²) in [6.07, 6.45) is 1.34. The molecule has 0 unspecified atom stereocenters. The number of hydrogen-bond donors (Lipinski definition) is 2. The molecular formula is C27H28N4O3. The van der Waals surface area contributed by atoms with Crippen LogP contribution in [0.1, 0.15) is 37.4 Å². The molecule has 1 amide bonds. The van der Waals surface area contributed by atoms with Crippen LogP contribution in [0.15, 0.2) is 84.0 Å². The Labute approximate surface area is 199 Å². The first-order chi connectivity index (χ1) is 16.6. The van der Waals surface area contributed by atoms with E-state index in [0.717, 1.165) is 44.8 Å². The molecule has 1 saturated heterocycles. The van der Waals surface area contributed by atoms with E-state index in [9.17, 15) is 14.7 Å². The van der Waals surface area contributed by atoms with E-state index in [0.29, 0.717) is 11.1 Å². The molecule has 1 aliphatic rings. The van der Waals surface area contributed by atoms with Crippen LogP contribution in [-0.2, 0) is 13.1 Å². The maximum Gasteiger partial charge on any atom is 0.336 e. The van der Waals surface area contributed by atoms with Gasteiger partial charge in [-0.05, 0) is 29.3 Å². The minimum Gasteiger partial charge on any atom is -0.478 e. The predicted molar refractivity (Wildman–Crippen MR) is 132 cm³/mol. The number of piperazine rings is 1. The van der Waals surface area contributed by atoms with Crippen LogP contribution in [0.2, 0.25) is 0 Å². The lowest BCUT2D eigenvalue weighted by molar-refractivity contribution is 0.0696. The van der Waals surface area contributed by atoms with Gasteiger partial charge in [-0.3, -0.25) is 14.6 Å². The third-order valence-electron chi connectivity index (χ3n) is 5.90. The maximum atomic E-state index is 12.4. The molecule has 0 bridgehead atoms. The molecule has 174 valence electrons. The first kappa shape index (κ1) is 23.4. The lowest BCUT2D eigenvalue weighted by Crippen LogP contribution is -2.45. The number of amides is 1. The highest BCUT2D eigenvalue weighted by Crippen LogP contribution is 2.13. The van der Waals surface area contributed by atoms with Gasteiger partial charge in [-0.25, -0.2) is 10.2 Å². The van der Waals surface area contributed by atoms with Crippen molar-refractivity contribution in [1.29, 1.82) is 0 Å². The van der Waals surface area contributed by atoms with Crippen LogP contribution in [0.3, 0.4) is 0 Å². The first-order valence-electron chi connectivity index (χ1n) is 11.3. The Bertz CT molecular complexity index is 1140. The van der Waals surface area contributed by atoms with E-state index in [4.69, 9.17) is 0 Å². The Morgan fingerprint density at radius 2 is 1.35 bits per heavy atom. The normalized spacial score (nSPS) is 14.8. The highest BCUT2D eigenvalue weighted by molar-refractivity contribution is 5.99. The van der Waals surface area contributed by atoms with Gasteiger partial charge in [0, 0.05) is 50.4 Å². The van der Waals surface area contributed by atoms with E-state index >= 15 is 0 Å². The molecule has 2 N–H and O–H groups in total. The molecule has 7 nitrogen and oxygen atoms in total. The fourth-order valence-corrected chi connectivity index (χ4v) is 4.00. The number of nitrogens with one attached hydrogen (secondary N) is 1. The van der Waals surface area contributed by atoms with Crippen LogP contribution >= 0.6 is 0 Å². The zero-order valence-electron chi connectivity index (χ0n) is 18.9. The second kappa shape index (κ2) is 11.4. The number of carbonyl (C=O) groups excluding carboxylic acids is 1. The minimum absolute atomic E-state index is 0.130. The number of carboxylic acid groups (broad SMARTS) is 1. The molecular weight excluding hydrogens is 428 g/mol. The number of hydrazone groups is 1. The van der Waals surface area contributed by atoms with Gasteiger partial charge in [-0.15, -0.1) is 0 Å². The summed E-state index contributed by atoms with van der Waals surface area (Å²) in [5, 5.41) is 13.1. The monoisotopic (exact) mass is 456 g/mol. The van der Waals surface area contributed by atoms with E-state index in [1.165, 1.54) is 17.8 Å². The fourth-order valence-electron chi connectivity index (χ4n) is 4.00. The van der Waals surface area contributed by atoms with Gasteiger partial charge >= 0.3 is 5.97 Å². The average Bonchev–Trinajstić information content (AvgIpc) is 2.86. The third kappa shape index (κ3) is 6.37. The summed E-state index contributed by atoms with van der Waals surface area (Å²) < 4.78 is 0. The van der Waals surface area contributed by atoms with E-state index in [-0.39, 0.29) is 11.5 Å². The molecule has 1 fully saturated rings. The molecule has 1 aliphatic heterocycles. The van der Waals surface area contributed by atoms with Crippen molar-refractivity contribution in [2.75, 3.05) is 26.2 Å². The molecule has 1 heterocycles. The van der Waals surface area contributed by atoms with Crippen molar-refractivity contribution in [3.8, 4) is 0 Å². The van der Waals surface area contributed by atoms with Gasteiger partial charge < -0.3 is 5.11 Å². The Balaban J connectivity index is 1.25. The van der Waals surface area contributed by atoms with Crippen molar-refractivity contribution in [3.63, 3.8) is 0 Å². The molecule has 0 radical (unpaired) electrons. The summed E-state index contributed by atoms with van der Waals surface area (Å²) in [5.41, 5.74) is 6.02. The highest BCUT2D eigenvalue weighted by atomic mass is 16.4. The van der Waals surface area contributed by atoms with Gasteiger partial charge in [-0.1, -0.05) is 60.7 Å². The first-order valence-corrected chi connectivity index (χ1v) is 11.3. The molecule has 0 aromatic heterocycles. The van der Waals surface area contributed by atoms with E-state index in [1.54, 1.807) is 30.3 Å². The maximum absolute atomic E-state index is 12.4. The number of carbonyl (C=O) groups is 2. The van der Waals surface area contributed by atoms with Crippen LogP contribution < -0.4 is 5.43 Å². The topological polar surface area (TPSA) is 85.2 Å². The molecule has 0 aliphatic carbocycles. The van der Waals surface area contributed by atoms with Gasteiger partial charge in [0.2, 0.25) is 0 Å². The number of rotatable bonds is 8. The number of carboxylic acids is 1. The van der Waals surface area contributed by atoms with Gasteiger partial charge in [0.1, 0.15) is 0 Å². The smallest absolute Gasteiger partial charge is 0.336 e. The standard InChI is InChI=1S/C27H28N4O3/c32-26(29-28-18-24-8-4-5-9-25(24)27(33)34)23-12-10-22(11-13-23)20-31-16-14-30(15-17-31)19-21-6-2-1-3-7-21/h1-13,18H,14-17,19-20H2,(H,29,32)(H,33,34)/b28-18-. The molecule has 3 aromatic rings. The molecule has 0 saturated carbocycles. The number of nitrogens with zero attached hydrogens (tertiary/aromatic N) is 3. The second-order valence-corrected chi connectivity index (χ2v) is 8.33. The van der Waals surface area contributed by atoms with Gasteiger partial charge in [0.25, 0.3) is 5.91 Å². The molecule has 3 aromatic carbocycles. The van der Waals surface area contributed by atoms with Crippen molar-refractivity contribution >= 4 is 18.1 Å². The third-order valence-corrected chi connectivity index (χ3v) is 5.90. The van der Waals surface area contributed by atoms with Gasteiger partial charge in [-0.2, -0.15) is 5.10 Å². The zero-order valence-corrected chi connectivity index (χ0v) is 18.9. The summed E-state index contributed by atoms with van der Waals surface area (Å²) in [6.45, 7) is 5.95. The summed E-state index contributed by atoms with van der Waals surface area (Å²) in [7, 11) is 0. The van der Waals surface area contributed by atoms with Crippen molar-refractivity contribution in [2.45, 2.75) is 13.1 Å². The molecule has 7 heteroatoms. The summed E-state index contributed by atoms with van der Waals surface area (Å²) >= 11 is 0. The number of hydrogen-bond acceptors (Lipinski definition) is 5. The van der Waals surface area contributed by atoms with Gasteiger partial charge in [0.05, 0.1) is 11.8 Å². The van der Waals surface area contributed by atoms with Crippen molar-refractivity contribution < 1.29 is 14.7 Å². The number of benzene rings is 3. The van der Waals surface area contributed by atoms with E-state index < -0.39 is 5.97 Å². The lowest BCUT2D eigenvalue weighted by Gasteiger charge is -2.34. The highest BCUT2D eigenvalue weighted by Gasteiger charge is 2.17. The summed E-state index contributed by atoms with van der Waals surface area (Å²) in [6, 6.07) is 24.6. The fraction of sp³-hybridized carbons (Fsp3) is 0.222. The Hall–Kier alpha value is -3.81. The van der Waals surface area contributed by atoms with Crippen LogP contribution in [0, 0.1) is 0 Å². The SMILES string of the molecule is O=C(N/N=C\c1ccccc1C(=O)O)c1ccc(CN2CCN(Cc3ccccc3)CC2)cc1. The molecule has 0 spiro atoms. The Morgan fingerprint density at radius 3 is 1.97 bits per heavy atom. The zero-order chi connectivity index (χ0) is 23.8. The molecule has 0 atom stereocenters. The van der Waals surface area contributed by atoms with Crippen molar-refractivity contribution in [2.24, 2.45) is 5.10 Å². The quantitative estimate of drug-likeness (QED) is 0.401. The van der Waals surface area contributed by atoms with Crippen molar-refractivity contribution in [1.82, 2.24) is 15.2 Å². The van der Waals surface area contributed by atoms with Gasteiger partial charge in [0.15, 0.2) is 0 Å². The number of aromatic carboxylic acids is 1. The van der Waals surface area contributed by atoms with E-state index in [2.05, 4.69) is 44.6 Å². The Morgan fingerprint density at radius 1 is 0.794 bits per heavy atom. The van der Waals surface area contributed by atoms with Crippen LogP contribution in [0.25, 0.3) is 0 Å². The average molecular weight is 457 g/mol. The second-order valence-electron chi connectivity index (χ2n) is 8.33. The molecule has 34 heavy (non-hydrogen) atoms. The van der Waals surface area contributed by atoms with Crippen LogP contribution in [0.4, 0.5) is 0 Å². The van der Waals surface area contributed by atoms with Crippen molar-refractivity contribution in [3.05, 3.63) is 107 Å². The van der Waals surface area contributed by atoms with Crippen LogP contribution in [-0.4, -0.2) is 59.2 Å². The summed E-state index contributed by atoms with van der Waals surface area (Å²) in [5.74, 6) is -1.38. The predicted octanol–water partition coefficient (Wildman–Crippen LogP) is 3.47. The van der Waals surface area contributed by atoms with Crippen LogP contribution in [0.5, 0.6) is 0 Å². The largest absolute Gasteiger partial charge is 0.478 e.